The Labute approximate surface area is 107 Å². The van der Waals surface area contributed by atoms with Gasteiger partial charge in [0.05, 0.1) is 6.42 Å². The Morgan fingerprint density at radius 2 is 1.89 bits per heavy atom. The van der Waals surface area contributed by atoms with Crippen molar-refractivity contribution < 1.29 is 19.1 Å². The second-order valence-electron chi connectivity index (χ2n) is 4.53. The van der Waals surface area contributed by atoms with Crippen molar-refractivity contribution in [3.63, 3.8) is 0 Å². The van der Waals surface area contributed by atoms with E-state index in [0.29, 0.717) is 13.1 Å². The number of piperidine rings is 1. The van der Waals surface area contributed by atoms with Crippen LogP contribution in [0.3, 0.4) is 0 Å². The first-order valence-electron chi connectivity index (χ1n) is 6.08. The van der Waals surface area contributed by atoms with E-state index in [2.05, 4.69) is 5.32 Å². The Bertz CT molecular complexity index is 322. The molecule has 0 aromatic heterocycles. The van der Waals surface area contributed by atoms with Crippen LogP contribution in [0, 0.1) is 0 Å². The maximum atomic E-state index is 11.5. The van der Waals surface area contributed by atoms with Crippen molar-refractivity contribution in [2.24, 2.45) is 0 Å². The minimum atomic E-state index is -0.232. The van der Waals surface area contributed by atoms with Crippen LogP contribution in [0.4, 0.5) is 0 Å². The second-order valence-corrected chi connectivity index (χ2v) is 4.53. The maximum Gasteiger partial charge on any atom is 0.248 e. The molecule has 0 aromatic carbocycles. The molecule has 0 unspecified atom stereocenters. The van der Waals surface area contributed by atoms with E-state index in [1.807, 2.05) is 0 Å². The van der Waals surface area contributed by atoms with Gasteiger partial charge in [-0.05, 0) is 19.8 Å². The molecule has 2 amide bonds. The lowest BCUT2D eigenvalue weighted by Gasteiger charge is -2.32. The van der Waals surface area contributed by atoms with Crippen LogP contribution in [0.25, 0.3) is 0 Å². The molecule has 102 valence electrons. The summed E-state index contributed by atoms with van der Waals surface area (Å²) in [6.45, 7) is 2.73. The largest absolute Gasteiger partial charge is 0.375 e. The number of carbonyl (C=O) groups excluding carboxylic acids is 3. The van der Waals surface area contributed by atoms with Gasteiger partial charge < -0.3 is 15.0 Å². The van der Waals surface area contributed by atoms with Crippen molar-refractivity contribution in [3.05, 3.63) is 0 Å². The lowest BCUT2D eigenvalue weighted by molar-refractivity contribution is -0.136. The number of hydrogen-bond acceptors (Lipinski definition) is 4. The number of Topliss-reactive ketones (excluding diaryl/α,β-unsaturated/α-hetero) is 1. The molecular formula is C12H20N2O4. The lowest BCUT2D eigenvalue weighted by Crippen LogP contribution is -2.47. The number of nitrogens with one attached hydrogen (secondary N) is 1. The number of methoxy groups -OCH3 is 1. The van der Waals surface area contributed by atoms with Crippen molar-refractivity contribution in [3.8, 4) is 0 Å². The molecule has 0 radical (unpaired) electrons. The van der Waals surface area contributed by atoms with Gasteiger partial charge in [0.15, 0.2) is 0 Å². The maximum absolute atomic E-state index is 11.5. The zero-order valence-electron chi connectivity index (χ0n) is 10.9. The van der Waals surface area contributed by atoms with Crippen molar-refractivity contribution >= 4 is 17.6 Å². The molecule has 0 atom stereocenters. The van der Waals surface area contributed by atoms with Gasteiger partial charge >= 0.3 is 0 Å². The number of hydrogen-bond donors (Lipinski definition) is 1. The fourth-order valence-electron chi connectivity index (χ4n) is 1.99. The SMILES string of the molecule is COCC(=O)N1CCC(NC(=O)CC(C)=O)CC1. The molecule has 0 aromatic rings. The van der Waals surface area contributed by atoms with Crippen LogP contribution >= 0.6 is 0 Å². The van der Waals surface area contributed by atoms with E-state index >= 15 is 0 Å². The molecule has 6 heteroatoms. The fraction of sp³-hybridized carbons (Fsp3) is 0.750. The molecule has 0 bridgehead atoms. The third-order valence-corrected chi connectivity index (χ3v) is 2.89. The predicted octanol–water partition coefficient (Wildman–Crippen LogP) is -0.281. The molecule has 0 aliphatic carbocycles. The molecule has 0 spiro atoms. The Hall–Kier alpha value is -1.43. The average molecular weight is 256 g/mol. The van der Waals surface area contributed by atoms with Crippen molar-refractivity contribution in [1.29, 1.82) is 0 Å². The summed E-state index contributed by atoms with van der Waals surface area (Å²) in [5.74, 6) is -0.393. The number of carbonyl (C=O) groups is 3. The van der Waals surface area contributed by atoms with Crippen LogP contribution in [0.2, 0.25) is 0 Å². The molecule has 18 heavy (non-hydrogen) atoms. The van der Waals surface area contributed by atoms with E-state index in [0.717, 1.165) is 12.8 Å². The highest BCUT2D eigenvalue weighted by Gasteiger charge is 2.23. The molecule has 6 nitrogen and oxygen atoms in total. The third kappa shape index (κ3) is 4.83. The van der Waals surface area contributed by atoms with Crippen LogP contribution in [-0.2, 0) is 19.1 Å². The number of rotatable bonds is 5. The monoisotopic (exact) mass is 256 g/mol. The summed E-state index contributed by atoms with van der Waals surface area (Å²) >= 11 is 0. The average Bonchev–Trinajstić information content (AvgIpc) is 2.29. The molecule has 1 aliphatic heterocycles. The van der Waals surface area contributed by atoms with E-state index in [1.54, 1.807) is 4.90 Å². The zero-order chi connectivity index (χ0) is 13.5. The van der Waals surface area contributed by atoms with Crippen molar-refractivity contribution in [1.82, 2.24) is 10.2 Å². The molecule has 1 saturated heterocycles. The van der Waals surface area contributed by atoms with Crippen molar-refractivity contribution in [2.45, 2.75) is 32.2 Å². The Morgan fingerprint density at radius 3 is 2.39 bits per heavy atom. The highest BCUT2D eigenvalue weighted by molar-refractivity contribution is 5.96. The van der Waals surface area contributed by atoms with E-state index in [1.165, 1.54) is 14.0 Å². The summed E-state index contributed by atoms with van der Waals surface area (Å²) in [5, 5.41) is 2.81. The summed E-state index contributed by atoms with van der Waals surface area (Å²) in [7, 11) is 1.49. The van der Waals surface area contributed by atoms with Gasteiger partial charge in [-0.25, -0.2) is 0 Å². The third-order valence-electron chi connectivity index (χ3n) is 2.89. The summed E-state index contributed by atoms with van der Waals surface area (Å²) < 4.78 is 4.79. The second kappa shape index (κ2) is 7.10. The van der Waals surface area contributed by atoms with Gasteiger partial charge in [-0.3, -0.25) is 14.4 Å². The quantitative estimate of drug-likeness (QED) is 0.686. The molecule has 1 heterocycles. The molecule has 1 aliphatic rings. The highest BCUT2D eigenvalue weighted by Crippen LogP contribution is 2.10. The fourth-order valence-corrected chi connectivity index (χ4v) is 1.99. The molecule has 1 N–H and O–H groups in total. The number of amides is 2. The van der Waals surface area contributed by atoms with Gasteiger partial charge in [0.25, 0.3) is 0 Å². The smallest absolute Gasteiger partial charge is 0.248 e. The summed E-state index contributed by atoms with van der Waals surface area (Å²) in [5.41, 5.74) is 0. The zero-order valence-corrected chi connectivity index (χ0v) is 10.9. The molecule has 0 saturated carbocycles. The standard InChI is InChI=1S/C12H20N2O4/c1-9(15)7-11(16)13-10-3-5-14(6-4-10)12(17)8-18-2/h10H,3-8H2,1-2H3,(H,13,16). The summed E-state index contributed by atoms with van der Waals surface area (Å²) in [6, 6.07) is 0.0587. The first-order chi connectivity index (χ1) is 8.52. The Balaban J connectivity index is 2.29. The minimum Gasteiger partial charge on any atom is -0.375 e. The van der Waals surface area contributed by atoms with E-state index in [4.69, 9.17) is 4.74 Å². The van der Waals surface area contributed by atoms with E-state index in [9.17, 15) is 14.4 Å². The number of ether oxygens (including phenoxy) is 1. The van der Waals surface area contributed by atoms with Crippen LogP contribution in [-0.4, -0.2) is 55.3 Å². The normalized spacial score (nSPS) is 16.4. The van der Waals surface area contributed by atoms with Crippen molar-refractivity contribution in [2.75, 3.05) is 26.8 Å². The van der Waals surface area contributed by atoms with Crippen LogP contribution < -0.4 is 5.32 Å². The molecular weight excluding hydrogens is 236 g/mol. The van der Waals surface area contributed by atoms with Gasteiger partial charge in [0, 0.05) is 26.2 Å². The topological polar surface area (TPSA) is 75.7 Å². The highest BCUT2D eigenvalue weighted by atomic mass is 16.5. The van der Waals surface area contributed by atoms with Crippen LogP contribution in [0.5, 0.6) is 0 Å². The Kier molecular flexibility index (Phi) is 5.77. The van der Waals surface area contributed by atoms with E-state index in [-0.39, 0.29) is 36.7 Å². The summed E-state index contributed by atoms with van der Waals surface area (Å²) in [6.07, 6.45) is 1.38. The van der Waals surface area contributed by atoms with Gasteiger partial charge in [-0.2, -0.15) is 0 Å². The number of nitrogens with zero attached hydrogens (tertiary/aromatic N) is 1. The minimum absolute atomic E-state index is 0.0222. The Morgan fingerprint density at radius 1 is 1.28 bits per heavy atom. The van der Waals surface area contributed by atoms with Crippen LogP contribution in [0.1, 0.15) is 26.2 Å². The molecule has 1 rings (SSSR count). The molecule has 1 fully saturated rings. The summed E-state index contributed by atoms with van der Waals surface area (Å²) in [4.78, 5) is 35.5. The first-order valence-corrected chi connectivity index (χ1v) is 6.08. The van der Waals surface area contributed by atoms with Gasteiger partial charge in [-0.15, -0.1) is 0 Å². The van der Waals surface area contributed by atoms with E-state index < -0.39 is 0 Å². The number of ketones is 1. The first kappa shape index (κ1) is 14.6. The van der Waals surface area contributed by atoms with Gasteiger partial charge in [0.2, 0.25) is 11.8 Å². The van der Waals surface area contributed by atoms with Gasteiger partial charge in [-0.1, -0.05) is 0 Å². The van der Waals surface area contributed by atoms with Gasteiger partial charge in [0.1, 0.15) is 12.4 Å². The lowest BCUT2D eigenvalue weighted by atomic mass is 10.0. The predicted molar refractivity (Wildman–Crippen MR) is 64.9 cm³/mol. The van der Waals surface area contributed by atoms with Crippen LogP contribution in [0.15, 0.2) is 0 Å². The number of likely N-dealkylation sites (tertiary alicyclic amines) is 1.